The molecule has 0 atom stereocenters. The molecule has 0 unspecified atom stereocenters. The number of carbonyl (C=O) groups excluding carboxylic acids is 3. The topological polar surface area (TPSA) is 128 Å². The predicted molar refractivity (Wildman–Crippen MR) is 107 cm³/mol. The van der Waals surface area contributed by atoms with Gasteiger partial charge in [0.2, 0.25) is 10.0 Å². The van der Waals surface area contributed by atoms with Crippen molar-refractivity contribution in [3.05, 3.63) is 58.7 Å². The number of sulfonamides is 1. The molecule has 10 heteroatoms. The van der Waals surface area contributed by atoms with Crippen molar-refractivity contribution in [1.29, 1.82) is 0 Å². The van der Waals surface area contributed by atoms with E-state index in [1.165, 1.54) is 50.6 Å². The molecule has 0 spiro atoms. The third kappa shape index (κ3) is 5.79. The molecule has 0 aromatic heterocycles. The summed E-state index contributed by atoms with van der Waals surface area (Å²) in [6.45, 7) is 1.65. The molecule has 0 aliphatic carbocycles. The number of amides is 1. The van der Waals surface area contributed by atoms with Gasteiger partial charge in [0.05, 0.1) is 37.3 Å². The molecular weight excluding hydrogens is 400 g/mol. The van der Waals surface area contributed by atoms with E-state index < -0.39 is 27.9 Å². The molecule has 2 aromatic carbocycles. The average molecular weight is 420 g/mol. The Kier molecular flexibility index (Phi) is 6.60. The Hall–Kier alpha value is -3.40. The quantitative estimate of drug-likeness (QED) is 0.686. The lowest BCUT2D eigenvalue weighted by atomic mass is 10.1. The maximum atomic E-state index is 12.6. The maximum absolute atomic E-state index is 12.6. The number of anilines is 2. The van der Waals surface area contributed by atoms with E-state index in [0.29, 0.717) is 11.3 Å². The fraction of sp³-hybridized carbons (Fsp3) is 0.211. The van der Waals surface area contributed by atoms with Gasteiger partial charge in [-0.15, -0.1) is 0 Å². The lowest BCUT2D eigenvalue weighted by molar-refractivity contribution is 0.0599. The third-order valence-corrected chi connectivity index (χ3v) is 4.41. The molecule has 0 aliphatic heterocycles. The lowest BCUT2D eigenvalue weighted by Crippen LogP contribution is -2.15. The van der Waals surface area contributed by atoms with Crippen molar-refractivity contribution in [3.8, 4) is 0 Å². The molecule has 0 fully saturated rings. The van der Waals surface area contributed by atoms with Crippen molar-refractivity contribution in [2.45, 2.75) is 6.92 Å². The van der Waals surface area contributed by atoms with Crippen LogP contribution in [-0.2, 0) is 19.5 Å². The van der Waals surface area contributed by atoms with E-state index in [9.17, 15) is 22.8 Å². The van der Waals surface area contributed by atoms with Crippen LogP contribution >= 0.6 is 0 Å². The van der Waals surface area contributed by atoms with E-state index in [1.807, 2.05) is 0 Å². The number of methoxy groups -OCH3 is 2. The van der Waals surface area contributed by atoms with Gasteiger partial charge in [-0.1, -0.05) is 0 Å². The number of hydrogen-bond donors (Lipinski definition) is 2. The zero-order chi connectivity index (χ0) is 21.8. The second-order valence-corrected chi connectivity index (χ2v) is 7.89. The molecule has 9 nitrogen and oxygen atoms in total. The van der Waals surface area contributed by atoms with Gasteiger partial charge < -0.3 is 14.8 Å². The molecule has 1 amide bonds. The molecule has 2 rings (SSSR count). The van der Waals surface area contributed by atoms with E-state index in [2.05, 4.69) is 19.5 Å². The van der Waals surface area contributed by atoms with Crippen molar-refractivity contribution in [1.82, 2.24) is 0 Å². The van der Waals surface area contributed by atoms with Crippen LogP contribution in [0.5, 0.6) is 0 Å². The highest BCUT2D eigenvalue weighted by Gasteiger charge is 2.16. The Morgan fingerprint density at radius 1 is 0.862 bits per heavy atom. The summed E-state index contributed by atoms with van der Waals surface area (Å²) in [6.07, 6.45) is 1.03. The minimum Gasteiger partial charge on any atom is -0.465 e. The highest BCUT2D eigenvalue weighted by molar-refractivity contribution is 7.92. The number of carbonyl (C=O) groups is 3. The molecule has 0 bridgehead atoms. The molecular formula is C19H20N2O7S. The monoisotopic (exact) mass is 420 g/mol. The minimum absolute atomic E-state index is 0.0644. The predicted octanol–water partition coefficient (Wildman–Crippen LogP) is 2.19. The first-order valence-corrected chi connectivity index (χ1v) is 10.1. The van der Waals surface area contributed by atoms with Crippen LogP contribution in [-0.4, -0.2) is 46.7 Å². The number of aryl methyl sites for hydroxylation is 1. The minimum atomic E-state index is -3.45. The van der Waals surface area contributed by atoms with Gasteiger partial charge in [-0.05, 0) is 48.9 Å². The van der Waals surface area contributed by atoms with Crippen LogP contribution in [0.2, 0.25) is 0 Å². The Labute approximate surface area is 168 Å². The SMILES string of the molecule is COC(=O)c1cc(NC(=O)c2ccc(NS(C)(=O)=O)c(C)c2)cc(C(=O)OC)c1. The van der Waals surface area contributed by atoms with Crippen LogP contribution in [0, 0.1) is 6.92 Å². The summed E-state index contributed by atoms with van der Waals surface area (Å²) < 4.78 is 34.4. The summed E-state index contributed by atoms with van der Waals surface area (Å²) in [4.78, 5) is 36.3. The van der Waals surface area contributed by atoms with Gasteiger partial charge in [-0.25, -0.2) is 18.0 Å². The van der Waals surface area contributed by atoms with Crippen LogP contribution in [0.1, 0.15) is 36.6 Å². The van der Waals surface area contributed by atoms with E-state index in [4.69, 9.17) is 0 Å². The van der Waals surface area contributed by atoms with E-state index in [-0.39, 0.29) is 22.4 Å². The highest BCUT2D eigenvalue weighted by atomic mass is 32.2. The smallest absolute Gasteiger partial charge is 0.337 e. The summed E-state index contributed by atoms with van der Waals surface area (Å²) in [5, 5.41) is 2.60. The fourth-order valence-corrected chi connectivity index (χ4v) is 3.12. The van der Waals surface area contributed by atoms with E-state index in [1.54, 1.807) is 6.92 Å². The standard InChI is InChI=1S/C19H20N2O7S/c1-11-7-12(5-6-16(11)21-29(4,25)26)17(22)20-15-9-13(18(23)27-2)8-14(10-15)19(24)28-3/h5-10,21H,1-4H3,(H,20,22). The number of benzene rings is 2. The van der Waals surface area contributed by atoms with Gasteiger partial charge in [0, 0.05) is 11.3 Å². The molecule has 0 radical (unpaired) electrons. The van der Waals surface area contributed by atoms with Crippen LogP contribution in [0.25, 0.3) is 0 Å². The van der Waals surface area contributed by atoms with Crippen molar-refractivity contribution in [2.75, 3.05) is 30.5 Å². The Bertz CT molecular complexity index is 1040. The molecule has 0 aliphatic rings. The van der Waals surface area contributed by atoms with Gasteiger partial charge in [-0.2, -0.15) is 0 Å². The second kappa shape index (κ2) is 8.74. The van der Waals surface area contributed by atoms with Gasteiger partial charge >= 0.3 is 11.9 Å². The number of hydrogen-bond acceptors (Lipinski definition) is 7. The van der Waals surface area contributed by atoms with Gasteiger partial charge in [0.25, 0.3) is 5.91 Å². The molecule has 2 aromatic rings. The normalized spacial score (nSPS) is 10.8. The first-order chi connectivity index (χ1) is 13.5. The van der Waals surface area contributed by atoms with Gasteiger partial charge in [0.1, 0.15) is 0 Å². The summed E-state index contributed by atoms with van der Waals surface area (Å²) in [5.41, 5.74) is 1.47. The fourth-order valence-electron chi connectivity index (χ4n) is 2.49. The second-order valence-electron chi connectivity index (χ2n) is 6.14. The van der Waals surface area contributed by atoms with Crippen molar-refractivity contribution in [2.24, 2.45) is 0 Å². The summed E-state index contributed by atoms with van der Waals surface area (Å²) in [7, 11) is -1.06. The van der Waals surface area contributed by atoms with Crippen molar-refractivity contribution >= 4 is 39.2 Å². The largest absolute Gasteiger partial charge is 0.465 e. The molecule has 154 valence electrons. The molecule has 29 heavy (non-hydrogen) atoms. The number of ether oxygens (including phenoxy) is 2. The van der Waals surface area contributed by atoms with Crippen molar-refractivity contribution < 1.29 is 32.3 Å². The number of nitrogens with one attached hydrogen (secondary N) is 2. The first kappa shape index (κ1) is 21.9. The van der Waals surface area contributed by atoms with Gasteiger partial charge in [0.15, 0.2) is 0 Å². The average Bonchev–Trinajstić information content (AvgIpc) is 2.66. The van der Waals surface area contributed by atoms with Crippen molar-refractivity contribution in [3.63, 3.8) is 0 Å². The van der Waals surface area contributed by atoms with E-state index in [0.717, 1.165) is 6.26 Å². The van der Waals surface area contributed by atoms with Crippen LogP contribution in [0.4, 0.5) is 11.4 Å². The number of esters is 2. The molecule has 2 N–H and O–H groups in total. The maximum Gasteiger partial charge on any atom is 0.337 e. The number of rotatable bonds is 6. The Morgan fingerprint density at radius 3 is 1.86 bits per heavy atom. The molecule has 0 saturated carbocycles. The summed E-state index contributed by atoms with van der Waals surface area (Å²) in [5.74, 6) is -1.88. The lowest BCUT2D eigenvalue weighted by Gasteiger charge is -2.12. The highest BCUT2D eigenvalue weighted by Crippen LogP contribution is 2.21. The summed E-state index contributed by atoms with van der Waals surface area (Å²) in [6, 6.07) is 8.44. The molecule has 0 heterocycles. The van der Waals surface area contributed by atoms with Gasteiger partial charge in [-0.3, -0.25) is 9.52 Å². The van der Waals surface area contributed by atoms with Crippen LogP contribution in [0.3, 0.4) is 0 Å². The first-order valence-electron chi connectivity index (χ1n) is 8.25. The zero-order valence-electron chi connectivity index (χ0n) is 16.2. The summed E-state index contributed by atoms with van der Waals surface area (Å²) >= 11 is 0. The van der Waals surface area contributed by atoms with Crippen LogP contribution < -0.4 is 10.0 Å². The Morgan fingerprint density at radius 2 is 1.41 bits per heavy atom. The molecule has 0 saturated heterocycles. The van der Waals surface area contributed by atoms with E-state index >= 15 is 0 Å². The zero-order valence-corrected chi connectivity index (χ0v) is 17.0. The third-order valence-electron chi connectivity index (χ3n) is 3.82. The van der Waals surface area contributed by atoms with Crippen LogP contribution in [0.15, 0.2) is 36.4 Å². The Balaban J connectivity index is 2.33.